The van der Waals surface area contributed by atoms with Crippen LogP contribution < -0.4 is 15.4 Å². The summed E-state index contributed by atoms with van der Waals surface area (Å²) in [6, 6.07) is 17.0. The summed E-state index contributed by atoms with van der Waals surface area (Å²) < 4.78 is 5.81. The molecule has 2 N–H and O–H groups in total. The average molecular weight is 355 g/mol. The lowest BCUT2D eigenvalue weighted by molar-refractivity contribution is 0.244. The molecule has 5 nitrogen and oxygen atoms in total. The second-order valence-electron chi connectivity index (χ2n) is 5.69. The summed E-state index contributed by atoms with van der Waals surface area (Å²) in [5.74, 6) is 1.91. The number of para-hydroxylation sites is 2. The Hall–Kier alpha value is -2.79. The lowest BCUT2D eigenvalue weighted by Gasteiger charge is -2.15. The van der Waals surface area contributed by atoms with Crippen molar-refractivity contribution in [2.45, 2.75) is 20.0 Å². The molecule has 0 radical (unpaired) electrons. The maximum absolute atomic E-state index is 6.01. The highest BCUT2D eigenvalue weighted by Crippen LogP contribution is 2.27. The third-order valence-electron chi connectivity index (χ3n) is 3.25. The zero-order valence-corrected chi connectivity index (χ0v) is 14.8. The van der Waals surface area contributed by atoms with Crippen LogP contribution in [0.1, 0.15) is 13.8 Å². The largest absolute Gasteiger partial charge is 0.489 e. The number of nitrogens with zero attached hydrogens (tertiary/aromatic N) is 2. The van der Waals surface area contributed by atoms with Crippen LogP contribution in [0.25, 0.3) is 0 Å². The third kappa shape index (κ3) is 4.84. The van der Waals surface area contributed by atoms with Gasteiger partial charge < -0.3 is 15.4 Å². The number of benzene rings is 2. The minimum atomic E-state index is 0.0831. The molecule has 0 aliphatic heterocycles. The molecule has 2 aromatic carbocycles. The van der Waals surface area contributed by atoms with Crippen LogP contribution in [0.5, 0.6) is 5.75 Å². The number of rotatable bonds is 6. The monoisotopic (exact) mass is 354 g/mol. The van der Waals surface area contributed by atoms with Gasteiger partial charge in [-0.15, -0.1) is 0 Å². The number of ether oxygens (including phenoxy) is 1. The van der Waals surface area contributed by atoms with Crippen LogP contribution in [0.3, 0.4) is 0 Å². The van der Waals surface area contributed by atoms with Gasteiger partial charge in [0.25, 0.3) is 0 Å². The van der Waals surface area contributed by atoms with Crippen LogP contribution in [0.2, 0.25) is 5.02 Å². The number of nitrogens with one attached hydrogen (secondary N) is 2. The molecule has 25 heavy (non-hydrogen) atoms. The SMILES string of the molecule is CC(C)Oc1ccccc1Nc1nccc(Nc2cccc(Cl)c2)n1. The van der Waals surface area contributed by atoms with E-state index in [9.17, 15) is 0 Å². The van der Waals surface area contributed by atoms with Crippen molar-refractivity contribution in [2.24, 2.45) is 0 Å². The second kappa shape index (κ2) is 7.85. The Morgan fingerprint density at radius 1 is 1.00 bits per heavy atom. The maximum Gasteiger partial charge on any atom is 0.229 e. The second-order valence-corrected chi connectivity index (χ2v) is 6.13. The molecule has 0 fully saturated rings. The summed E-state index contributed by atoms with van der Waals surface area (Å²) in [5, 5.41) is 7.08. The summed E-state index contributed by atoms with van der Waals surface area (Å²) in [5.41, 5.74) is 1.68. The standard InChI is InChI=1S/C19H19ClN4O/c1-13(2)25-17-9-4-3-8-16(17)23-19-21-11-10-18(24-19)22-15-7-5-6-14(20)12-15/h3-13H,1-2H3,(H2,21,22,23,24). The van der Waals surface area contributed by atoms with Crippen molar-refractivity contribution in [1.82, 2.24) is 9.97 Å². The smallest absolute Gasteiger partial charge is 0.229 e. The van der Waals surface area contributed by atoms with E-state index in [2.05, 4.69) is 20.6 Å². The van der Waals surface area contributed by atoms with Crippen LogP contribution in [0.15, 0.2) is 60.8 Å². The summed E-state index contributed by atoms with van der Waals surface area (Å²) in [6.45, 7) is 3.98. The zero-order valence-electron chi connectivity index (χ0n) is 14.0. The maximum atomic E-state index is 6.01. The minimum Gasteiger partial charge on any atom is -0.489 e. The summed E-state index contributed by atoms with van der Waals surface area (Å²) in [7, 11) is 0. The zero-order chi connectivity index (χ0) is 17.6. The number of halogens is 1. The fraction of sp³-hybridized carbons (Fsp3) is 0.158. The molecule has 1 aromatic heterocycles. The Balaban J connectivity index is 1.78. The Kier molecular flexibility index (Phi) is 5.36. The van der Waals surface area contributed by atoms with Gasteiger partial charge in [-0.1, -0.05) is 29.8 Å². The number of hydrogen-bond acceptors (Lipinski definition) is 5. The summed E-state index contributed by atoms with van der Waals surface area (Å²) >= 11 is 6.01. The van der Waals surface area contributed by atoms with E-state index in [1.807, 2.05) is 62.4 Å². The predicted molar refractivity (Wildman–Crippen MR) is 102 cm³/mol. The van der Waals surface area contributed by atoms with Gasteiger partial charge in [0, 0.05) is 16.9 Å². The van der Waals surface area contributed by atoms with Crippen LogP contribution in [0.4, 0.5) is 23.1 Å². The van der Waals surface area contributed by atoms with Gasteiger partial charge in [-0.2, -0.15) is 4.98 Å². The lowest BCUT2D eigenvalue weighted by atomic mass is 10.3. The molecule has 0 spiro atoms. The molecule has 3 aromatic rings. The first-order valence-corrected chi connectivity index (χ1v) is 8.36. The fourth-order valence-corrected chi connectivity index (χ4v) is 2.44. The van der Waals surface area contributed by atoms with E-state index in [1.54, 1.807) is 12.3 Å². The molecule has 128 valence electrons. The number of anilines is 4. The van der Waals surface area contributed by atoms with Gasteiger partial charge in [-0.25, -0.2) is 4.98 Å². The van der Waals surface area contributed by atoms with Crippen molar-refractivity contribution < 1.29 is 4.74 Å². The van der Waals surface area contributed by atoms with Crippen molar-refractivity contribution in [1.29, 1.82) is 0 Å². The van der Waals surface area contributed by atoms with Gasteiger partial charge >= 0.3 is 0 Å². The van der Waals surface area contributed by atoms with Gasteiger partial charge in [0.05, 0.1) is 11.8 Å². The third-order valence-corrected chi connectivity index (χ3v) is 3.48. The first-order chi connectivity index (χ1) is 12.1. The van der Waals surface area contributed by atoms with E-state index >= 15 is 0 Å². The van der Waals surface area contributed by atoms with Crippen LogP contribution in [0, 0.1) is 0 Å². The molecular weight excluding hydrogens is 336 g/mol. The van der Waals surface area contributed by atoms with Crippen LogP contribution in [-0.2, 0) is 0 Å². The topological polar surface area (TPSA) is 59.1 Å². The molecule has 3 rings (SSSR count). The normalized spacial score (nSPS) is 10.6. The molecule has 0 bridgehead atoms. The molecular formula is C19H19ClN4O. The van der Waals surface area contributed by atoms with Gasteiger partial charge in [-0.3, -0.25) is 0 Å². The van der Waals surface area contributed by atoms with Crippen molar-refractivity contribution in [2.75, 3.05) is 10.6 Å². The highest BCUT2D eigenvalue weighted by atomic mass is 35.5. The molecule has 0 amide bonds. The first-order valence-electron chi connectivity index (χ1n) is 7.98. The summed E-state index contributed by atoms with van der Waals surface area (Å²) in [4.78, 5) is 8.75. The van der Waals surface area contributed by atoms with Crippen molar-refractivity contribution in [3.05, 3.63) is 65.8 Å². The molecule has 1 heterocycles. The Bertz CT molecular complexity index is 854. The molecule has 6 heteroatoms. The molecule has 0 atom stereocenters. The van der Waals surface area contributed by atoms with E-state index in [4.69, 9.17) is 16.3 Å². The molecule has 0 aliphatic rings. The first kappa shape index (κ1) is 17.0. The predicted octanol–water partition coefficient (Wildman–Crippen LogP) is 5.40. The fourth-order valence-electron chi connectivity index (χ4n) is 2.25. The average Bonchev–Trinajstić information content (AvgIpc) is 2.57. The number of hydrogen-bond donors (Lipinski definition) is 2. The molecule has 0 saturated carbocycles. The van der Waals surface area contributed by atoms with Gasteiger partial charge in [-0.05, 0) is 50.2 Å². The lowest BCUT2D eigenvalue weighted by Crippen LogP contribution is -2.08. The summed E-state index contributed by atoms with van der Waals surface area (Å²) in [6.07, 6.45) is 1.77. The van der Waals surface area contributed by atoms with Gasteiger partial charge in [0.15, 0.2) is 0 Å². The van der Waals surface area contributed by atoms with Gasteiger partial charge in [0.1, 0.15) is 11.6 Å². The number of aromatic nitrogens is 2. The van der Waals surface area contributed by atoms with E-state index < -0.39 is 0 Å². The van der Waals surface area contributed by atoms with Crippen LogP contribution in [-0.4, -0.2) is 16.1 Å². The van der Waals surface area contributed by atoms with E-state index in [0.29, 0.717) is 16.8 Å². The van der Waals surface area contributed by atoms with Crippen molar-refractivity contribution in [3.8, 4) is 5.75 Å². The Labute approximate surface area is 152 Å². The highest BCUT2D eigenvalue weighted by molar-refractivity contribution is 6.30. The van der Waals surface area contributed by atoms with Crippen molar-refractivity contribution in [3.63, 3.8) is 0 Å². The minimum absolute atomic E-state index is 0.0831. The molecule has 0 saturated heterocycles. The van der Waals surface area contributed by atoms with E-state index in [-0.39, 0.29) is 6.10 Å². The van der Waals surface area contributed by atoms with Crippen molar-refractivity contribution >= 4 is 34.7 Å². The Morgan fingerprint density at radius 3 is 2.64 bits per heavy atom. The molecule has 0 unspecified atom stereocenters. The Morgan fingerprint density at radius 2 is 1.84 bits per heavy atom. The highest BCUT2D eigenvalue weighted by Gasteiger charge is 2.07. The quantitative estimate of drug-likeness (QED) is 0.620. The molecule has 0 aliphatic carbocycles. The van der Waals surface area contributed by atoms with Crippen LogP contribution >= 0.6 is 11.6 Å². The van der Waals surface area contributed by atoms with E-state index in [1.165, 1.54) is 0 Å². The van der Waals surface area contributed by atoms with Gasteiger partial charge in [0.2, 0.25) is 5.95 Å². The van der Waals surface area contributed by atoms with E-state index in [0.717, 1.165) is 17.1 Å².